The standard InChI is InChI=1S/C18H23N3.HI/c1-15-8-10-16(11-9-15)12-13-20-18(19-2)21-14-17-6-4-3-5-7-17;/h3-11H,12-14H2,1-2H3,(H2,19,20,21);1H. The zero-order valence-electron chi connectivity index (χ0n) is 13.2. The third-order valence-corrected chi connectivity index (χ3v) is 3.35. The SMILES string of the molecule is CN=C(NCCc1ccc(C)cc1)NCc1ccccc1.I. The lowest BCUT2D eigenvalue weighted by molar-refractivity contribution is 0.794. The van der Waals surface area contributed by atoms with Crippen LogP contribution >= 0.6 is 24.0 Å². The molecule has 0 atom stereocenters. The predicted molar refractivity (Wildman–Crippen MR) is 105 cm³/mol. The molecule has 2 N–H and O–H groups in total. The molecule has 2 aromatic carbocycles. The van der Waals surface area contributed by atoms with E-state index in [1.165, 1.54) is 16.7 Å². The van der Waals surface area contributed by atoms with Crippen LogP contribution in [0.3, 0.4) is 0 Å². The van der Waals surface area contributed by atoms with Gasteiger partial charge in [0, 0.05) is 20.1 Å². The summed E-state index contributed by atoms with van der Waals surface area (Å²) in [6.07, 6.45) is 0.992. The van der Waals surface area contributed by atoms with Gasteiger partial charge in [0.15, 0.2) is 5.96 Å². The number of benzene rings is 2. The summed E-state index contributed by atoms with van der Waals surface area (Å²) >= 11 is 0. The number of guanidine groups is 1. The maximum atomic E-state index is 4.24. The second-order valence-corrected chi connectivity index (χ2v) is 5.07. The molecule has 0 amide bonds. The van der Waals surface area contributed by atoms with Gasteiger partial charge in [0.05, 0.1) is 0 Å². The van der Waals surface area contributed by atoms with Crippen LogP contribution in [-0.4, -0.2) is 19.6 Å². The third kappa shape index (κ3) is 6.47. The molecule has 118 valence electrons. The van der Waals surface area contributed by atoms with E-state index in [0.717, 1.165) is 25.5 Å². The van der Waals surface area contributed by atoms with Gasteiger partial charge in [-0.2, -0.15) is 0 Å². The minimum atomic E-state index is 0. The van der Waals surface area contributed by atoms with E-state index in [9.17, 15) is 0 Å². The van der Waals surface area contributed by atoms with Crippen molar-refractivity contribution in [2.45, 2.75) is 19.9 Å². The summed E-state index contributed by atoms with van der Waals surface area (Å²) < 4.78 is 0. The van der Waals surface area contributed by atoms with Crippen LogP contribution in [-0.2, 0) is 13.0 Å². The Labute approximate surface area is 150 Å². The predicted octanol–water partition coefficient (Wildman–Crippen LogP) is 3.52. The third-order valence-electron chi connectivity index (χ3n) is 3.35. The molecule has 0 aliphatic heterocycles. The number of hydrogen-bond acceptors (Lipinski definition) is 1. The average molecular weight is 409 g/mol. The van der Waals surface area contributed by atoms with Crippen LogP contribution in [0.5, 0.6) is 0 Å². The highest BCUT2D eigenvalue weighted by atomic mass is 127. The Morgan fingerprint density at radius 3 is 2.23 bits per heavy atom. The van der Waals surface area contributed by atoms with E-state index in [0.29, 0.717) is 0 Å². The Kier molecular flexibility index (Phi) is 8.58. The molecule has 0 fully saturated rings. The minimum absolute atomic E-state index is 0. The first kappa shape index (κ1) is 18.5. The van der Waals surface area contributed by atoms with Gasteiger partial charge >= 0.3 is 0 Å². The highest BCUT2D eigenvalue weighted by Crippen LogP contribution is 2.03. The Morgan fingerprint density at radius 2 is 1.59 bits per heavy atom. The zero-order valence-corrected chi connectivity index (χ0v) is 15.5. The summed E-state index contributed by atoms with van der Waals surface area (Å²) in [5.41, 5.74) is 3.89. The Morgan fingerprint density at radius 1 is 0.909 bits per heavy atom. The van der Waals surface area contributed by atoms with Crippen LogP contribution in [0.1, 0.15) is 16.7 Å². The quantitative estimate of drug-likeness (QED) is 0.451. The van der Waals surface area contributed by atoms with Crippen molar-refractivity contribution < 1.29 is 0 Å². The molecule has 0 aliphatic carbocycles. The number of rotatable bonds is 5. The van der Waals surface area contributed by atoms with Gasteiger partial charge < -0.3 is 10.6 Å². The van der Waals surface area contributed by atoms with Crippen molar-refractivity contribution in [2.24, 2.45) is 4.99 Å². The lowest BCUT2D eigenvalue weighted by atomic mass is 10.1. The van der Waals surface area contributed by atoms with Gasteiger partial charge in [-0.05, 0) is 24.5 Å². The Balaban J connectivity index is 0.00000242. The molecule has 0 heterocycles. The lowest BCUT2D eigenvalue weighted by Crippen LogP contribution is -2.37. The first-order valence-electron chi connectivity index (χ1n) is 7.32. The van der Waals surface area contributed by atoms with Gasteiger partial charge in [0.2, 0.25) is 0 Å². The van der Waals surface area contributed by atoms with Crippen LogP contribution in [0.15, 0.2) is 59.6 Å². The molecular formula is C18H24IN3. The van der Waals surface area contributed by atoms with Crippen molar-refractivity contribution in [1.82, 2.24) is 10.6 Å². The maximum absolute atomic E-state index is 4.24. The molecule has 0 unspecified atom stereocenters. The number of halogens is 1. The first-order valence-corrected chi connectivity index (χ1v) is 7.32. The van der Waals surface area contributed by atoms with Gasteiger partial charge in [-0.3, -0.25) is 4.99 Å². The van der Waals surface area contributed by atoms with Crippen molar-refractivity contribution in [3.05, 3.63) is 71.3 Å². The van der Waals surface area contributed by atoms with E-state index >= 15 is 0 Å². The fraction of sp³-hybridized carbons (Fsp3) is 0.278. The van der Waals surface area contributed by atoms with E-state index in [2.05, 4.69) is 58.9 Å². The molecule has 4 heteroatoms. The topological polar surface area (TPSA) is 36.4 Å². The first-order chi connectivity index (χ1) is 10.3. The molecule has 0 radical (unpaired) electrons. The van der Waals surface area contributed by atoms with Crippen molar-refractivity contribution in [2.75, 3.05) is 13.6 Å². The zero-order chi connectivity index (χ0) is 14.9. The number of aryl methyl sites for hydroxylation is 1. The van der Waals surface area contributed by atoms with Gasteiger partial charge in [-0.15, -0.1) is 24.0 Å². The highest BCUT2D eigenvalue weighted by molar-refractivity contribution is 14.0. The van der Waals surface area contributed by atoms with E-state index in [1.54, 1.807) is 7.05 Å². The van der Waals surface area contributed by atoms with Gasteiger partial charge in [-0.1, -0.05) is 60.2 Å². The van der Waals surface area contributed by atoms with E-state index in [-0.39, 0.29) is 24.0 Å². The molecule has 0 saturated heterocycles. The second-order valence-electron chi connectivity index (χ2n) is 5.07. The number of nitrogens with one attached hydrogen (secondary N) is 2. The number of nitrogens with zero attached hydrogens (tertiary/aromatic N) is 1. The summed E-state index contributed by atoms with van der Waals surface area (Å²) in [4.78, 5) is 4.24. The highest BCUT2D eigenvalue weighted by Gasteiger charge is 1.98. The summed E-state index contributed by atoms with van der Waals surface area (Å²) in [6.45, 7) is 3.76. The van der Waals surface area contributed by atoms with E-state index < -0.39 is 0 Å². The van der Waals surface area contributed by atoms with Gasteiger partial charge in [0.25, 0.3) is 0 Å². The van der Waals surface area contributed by atoms with Gasteiger partial charge in [0.1, 0.15) is 0 Å². The van der Waals surface area contributed by atoms with Crippen LogP contribution in [0.25, 0.3) is 0 Å². The monoisotopic (exact) mass is 409 g/mol. The molecule has 0 aliphatic rings. The molecule has 0 aromatic heterocycles. The van der Waals surface area contributed by atoms with E-state index in [4.69, 9.17) is 0 Å². The fourth-order valence-corrected chi connectivity index (χ4v) is 2.08. The molecule has 0 bridgehead atoms. The van der Waals surface area contributed by atoms with E-state index in [1.807, 2.05) is 18.2 Å². The normalized spacial score (nSPS) is 10.7. The fourth-order valence-electron chi connectivity index (χ4n) is 2.08. The largest absolute Gasteiger partial charge is 0.356 e. The molecule has 2 rings (SSSR count). The number of aliphatic imine (C=N–C) groups is 1. The summed E-state index contributed by atoms with van der Waals surface area (Å²) in [5, 5.41) is 6.66. The van der Waals surface area contributed by atoms with Crippen LogP contribution < -0.4 is 10.6 Å². The van der Waals surface area contributed by atoms with Crippen molar-refractivity contribution in [3.63, 3.8) is 0 Å². The van der Waals surface area contributed by atoms with Crippen molar-refractivity contribution in [1.29, 1.82) is 0 Å². The molecule has 2 aromatic rings. The average Bonchev–Trinajstić information content (AvgIpc) is 2.53. The molecule has 0 saturated carbocycles. The van der Waals surface area contributed by atoms with Gasteiger partial charge in [-0.25, -0.2) is 0 Å². The summed E-state index contributed by atoms with van der Waals surface area (Å²) in [7, 11) is 1.80. The minimum Gasteiger partial charge on any atom is -0.356 e. The Bertz CT molecular complexity index is 565. The molecule has 3 nitrogen and oxygen atoms in total. The maximum Gasteiger partial charge on any atom is 0.191 e. The summed E-state index contributed by atoms with van der Waals surface area (Å²) in [5.74, 6) is 0.839. The smallest absolute Gasteiger partial charge is 0.191 e. The lowest BCUT2D eigenvalue weighted by Gasteiger charge is -2.12. The molecule has 22 heavy (non-hydrogen) atoms. The van der Waals surface area contributed by atoms with Crippen LogP contribution in [0.4, 0.5) is 0 Å². The van der Waals surface area contributed by atoms with Crippen LogP contribution in [0, 0.1) is 6.92 Å². The van der Waals surface area contributed by atoms with Crippen molar-refractivity contribution >= 4 is 29.9 Å². The van der Waals surface area contributed by atoms with Crippen LogP contribution in [0.2, 0.25) is 0 Å². The molecule has 0 spiro atoms. The molecular weight excluding hydrogens is 385 g/mol. The van der Waals surface area contributed by atoms with Crippen molar-refractivity contribution in [3.8, 4) is 0 Å². The summed E-state index contributed by atoms with van der Waals surface area (Å²) in [6, 6.07) is 19.0. The second kappa shape index (κ2) is 10.2. The number of hydrogen-bond donors (Lipinski definition) is 2. The Hall–Kier alpha value is -1.56.